The molecule has 1 aromatic rings. The lowest BCUT2D eigenvalue weighted by Gasteiger charge is -2.26. The van der Waals surface area contributed by atoms with Crippen molar-refractivity contribution >= 4 is 0 Å². The molecule has 4 heteroatoms. The van der Waals surface area contributed by atoms with Gasteiger partial charge in [0.05, 0.1) is 6.54 Å². The molecular weight excluding hydrogens is 190 g/mol. The van der Waals surface area contributed by atoms with Crippen molar-refractivity contribution in [3.8, 4) is 0 Å². The summed E-state index contributed by atoms with van der Waals surface area (Å²) < 4.78 is 5.01. The normalized spacial score (nSPS) is 22.1. The van der Waals surface area contributed by atoms with E-state index in [-0.39, 0.29) is 0 Å². The van der Waals surface area contributed by atoms with Gasteiger partial charge < -0.3 is 4.52 Å². The van der Waals surface area contributed by atoms with Gasteiger partial charge in [0, 0.05) is 13.1 Å². The Hall–Kier alpha value is -1.16. The molecule has 2 heterocycles. The van der Waals surface area contributed by atoms with Gasteiger partial charge in [0.15, 0.2) is 6.33 Å². The Balaban J connectivity index is 1.56. The van der Waals surface area contributed by atoms with Crippen LogP contribution in [0, 0.1) is 0 Å². The van der Waals surface area contributed by atoms with Gasteiger partial charge in [0.2, 0.25) is 5.89 Å². The summed E-state index contributed by atoms with van der Waals surface area (Å²) >= 11 is 0. The predicted octanol–water partition coefficient (Wildman–Crippen LogP) is 1.76. The Morgan fingerprint density at radius 3 is 2.47 bits per heavy atom. The van der Waals surface area contributed by atoms with Gasteiger partial charge in [0.25, 0.3) is 0 Å². The summed E-state index contributed by atoms with van der Waals surface area (Å²) in [7, 11) is 0. The molecular formula is C11H15N3O. The van der Waals surface area contributed by atoms with E-state index < -0.39 is 0 Å². The second-order valence-corrected chi connectivity index (χ2v) is 4.32. The van der Waals surface area contributed by atoms with E-state index in [1.54, 1.807) is 11.1 Å². The SMILES string of the molecule is c1noc(CN2CCC(=C3CC3)CC2)n1. The molecule has 0 spiro atoms. The average Bonchev–Trinajstić information content (AvgIpc) is 2.99. The van der Waals surface area contributed by atoms with Gasteiger partial charge >= 0.3 is 0 Å². The molecule has 0 aromatic carbocycles. The monoisotopic (exact) mass is 205 g/mol. The molecule has 0 amide bonds. The third kappa shape index (κ3) is 2.09. The standard InChI is InChI=1S/C11H15N3O/c1-2-9(1)10-3-5-14(6-4-10)7-11-12-8-13-15-11/h8H,1-7H2. The highest BCUT2D eigenvalue weighted by atomic mass is 16.5. The topological polar surface area (TPSA) is 42.2 Å². The minimum atomic E-state index is 0.734. The van der Waals surface area contributed by atoms with Crippen LogP contribution in [0.1, 0.15) is 31.6 Å². The van der Waals surface area contributed by atoms with Crippen molar-refractivity contribution in [1.29, 1.82) is 0 Å². The van der Waals surface area contributed by atoms with E-state index in [0.717, 1.165) is 25.5 Å². The maximum Gasteiger partial charge on any atom is 0.240 e. The second-order valence-electron chi connectivity index (χ2n) is 4.32. The van der Waals surface area contributed by atoms with Crippen molar-refractivity contribution in [3.63, 3.8) is 0 Å². The largest absolute Gasteiger partial charge is 0.338 e. The summed E-state index contributed by atoms with van der Waals surface area (Å²) in [6.45, 7) is 3.09. The fourth-order valence-electron chi connectivity index (χ4n) is 2.21. The molecule has 1 aromatic heterocycles. The first kappa shape index (κ1) is 9.09. The van der Waals surface area contributed by atoms with Crippen LogP contribution in [0.15, 0.2) is 22.0 Å². The van der Waals surface area contributed by atoms with Crippen LogP contribution >= 0.6 is 0 Å². The minimum Gasteiger partial charge on any atom is -0.338 e. The van der Waals surface area contributed by atoms with E-state index in [0.29, 0.717) is 0 Å². The molecule has 4 nitrogen and oxygen atoms in total. The van der Waals surface area contributed by atoms with E-state index in [2.05, 4.69) is 15.0 Å². The highest BCUT2D eigenvalue weighted by Crippen LogP contribution is 2.36. The van der Waals surface area contributed by atoms with Crippen LogP contribution in [0.5, 0.6) is 0 Å². The highest BCUT2D eigenvalue weighted by molar-refractivity contribution is 5.26. The first-order valence-electron chi connectivity index (χ1n) is 5.59. The number of aromatic nitrogens is 2. The molecule has 0 N–H and O–H groups in total. The summed E-state index contributed by atoms with van der Waals surface area (Å²) in [4.78, 5) is 6.43. The van der Waals surface area contributed by atoms with E-state index in [1.165, 1.54) is 32.0 Å². The Kier molecular flexibility index (Phi) is 2.29. The van der Waals surface area contributed by atoms with Crippen molar-refractivity contribution in [3.05, 3.63) is 23.4 Å². The molecule has 1 aliphatic heterocycles. The first-order chi connectivity index (χ1) is 7.42. The van der Waals surface area contributed by atoms with Gasteiger partial charge in [-0.3, -0.25) is 4.90 Å². The fourth-order valence-corrected chi connectivity index (χ4v) is 2.21. The molecule has 1 saturated carbocycles. The highest BCUT2D eigenvalue weighted by Gasteiger charge is 2.22. The molecule has 80 valence electrons. The Bertz CT molecular complexity index is 353. The van der Waals surface area contributed by atoms with Gasteiger partial charge in [-0.05, 0) is 25.7 Å². The van der Waals surface area contributed by atoms with E-state index >= 15 is 0 Å². The number of nitrogens with zero attached hydrogens (tertiary/aromatic N) is 3. The van der Waals surface area contributed by atoms with Crippen molar-refractivity contribution in [2.45, 2.75) is 32.2 Å². The molecule has 0 unspecified atom stereocenters. The van der Waals surface area contributed by atoms with Crippen LogP contribution in [-0.2, 0) is 6.54 Å². The van der Waals surface area contributed by atoms with E-state index in [1.807, 2.05) is 0 Å². The van der Waals surface area contributed by atoms with Crippen LogP contribution in [0.3, 0.4) is 0 Å². The zero-order chi connectivity index (χ0) is 10.1. The summed E-state index contributed by atoms with van der Waals surface area (Å²) in [6.07, 6.45) is 6.67. The molecule has 2 fully saturated rings. The lowest BCUT2D eigenvalue weighted by molar-refractivity contribution is 0.213. The lowest BCUT2D eigenvalue weighted by atomic mass is 10.0. The second kappa shape index (κ2) is 3.77. The van der Waals surface area contributed by atoms with Crippen LogP contribution < -0.4 is 0 Å². The fraction of sp³-hybridized carbons (Fsp3) is 0.636. The third-order valence-corrected chi connectivity index (χ3v) is 3.23. The minimum absolute atomic E-state index is 0.734. The number of rotatable bonds is 2. The number of allylic oxidation sites excluding steroid dienone is 1. The van der Waals surface area contributed by atoms with Crippen LogP contribution in [0.25, 0.3) is 0 Å². The van der Waals surface area contributed by atoms with Gasteiger partial charge in [0.1, 0.15) is 0 Å². The number of likely N-dealkylation sites (tertiary alicyclic amines) is 1. The van der Waals surface area contributed by atoms with E-state index in [4.69, 9.17) is 4.52 Å². The maximum atomic E-state index is 5.01. The summed E-state index contributed by atoms with van der Waals surface area (Å²) in [5.41, 5.74) is 3.45. The van der Waals surface area contributed by atoms with Crippen LogP contribution in [0.2, 0.25) is 0 Å². The average molecular weight is 205 g/mol. The predicted molar refractivity (Wildman–Crippen MR) is 55.1 cm³/mol. The van der Waals surface area contributed by atoms with Crippen molar-refractivity contribution in [2.24, 2.45) is 0 Å². The molecule has 1 saturated heterocycles. The van der Waals surface area contributed by atoms with Gasteiger partial charge in [-0.2, -0.15) is 4.98 Å². The zero-order valence-electron chi connectivity index (χ0n) is 8.78. The molecule has 15 heavy (non-hydrogen) atoms. The zero-order valence-corrected chi connectivity index (χ0v) is 8.78. The molecule has 2 aliphatic rings. The Labute approximate surface area is 89.0 Å². The van der Waals surface area contributed by atoms with Crippen LogP contribution in [-0.4, -0.2) is 28.1 Å². The van der Waals surface area contributed by atoms with Gasteiger partial charge in [-0.1, -0.05) is 16.3 Å². The summed E-state index contributed by atoms with van der Waals surface area (Å²) in [5.74, 6) is 0.734. The molecule has 0 radical (unpaired) electrons. The quantitative estimate of drug-likeness (QED) is 0.690. The Morgan fingerprint density at radius 1 is 1.13 bits per heavy atom. The summed E-state index contributed by atoms with van der Waals surface area (Å²) in [6, 6.07) is 0. The molecule has 0 atom stereocenters. The van der Waals surface area contributed by atoms with Crippen molar-refractivity contribution in [1.82, 2.24) is 15.0 Å². The van der Waals surface area contributed by atoms with Gasteiger partial charge in [-0.25, -0.2) is 0 Å². The maximum absolute atomic E-state index is 5.01. The van der Waals surface area contributed by atoms with Gasteiger partial charge in [-0.15, -0.1) is 0 Å². The summed E-state index contributed by atoms with van der Waals surface area (Å²) in [5, 5.41) is 3.62. The smallest absolute Gasteiger partial charge is 0.240 e. The number of piperidine rings is 1. The van der Waals surface area contributed by atoms with Crippen molar-refractivity contribution < 1.29 is 4.52 Å². The van der Waals surface area contributed by atoms with Crippen LogP contribution in [0.4, 0.5) is 0 Å². The van der Waals surface area contributed by atoms with Crippen molar-refractivity contribution in [2.75, 3.05) is 13.1 Å². The molecule has 1 aliphatic carbocycles. The Morgan fingerprint density at radius 2 is 1.87 bits per heavy atom. The lowest BCUT2D eigenvalue weighted by Crippen LogP contribution is -2.30. The first-order valence-corrected chi connectivity index (χ1v) is 5.59. The number of hydrogen-bond acceptors (Lipinski definition) is 4. The third-order valence-electron chi connectivity index (χ3n) is 3.23. The molecule has 0 bridgehead atoms. The number of hydrogen-bond donors (Lipinski definition) is 0. The van der Waals surface area contributed by atoms with E-state index in [9.17, 15) is 0 Å². The molecule has 3 rings (SSSR count).